The van der Waals surface area contributed by atoms with E-state index in [1.165, 1.54) is 19.3 Å². The Morgan fingerprint density at radius 2 is 2.05 bits per heavy atom. The van der Waals surface area contributed by atoms with Crippen LogP contribution in [0.5, 0.6) is 0 Å². The molecule has 1 aromatic heterocycles. The average molecular weight is 284 g/mol. The lowest BCUT2D eigenvalue weighted by Crippen LogP contribution is -2.08. The van der Waals surface area contributed by atoms with Crippen molar-refractivity contribution in [3.05, 3.63) is 35.7 Å². The quantitative estimate of drug-likeness (QED) is 0.935. The van der Waals surface area contributed by atoms with Gasteiger partial charge in [-0.3, -0.25) is 0 Å². The van der Waals surface area contributed by atoms with Gasteiger partial charge in [-0.1, -0.05) is 18.6 Å². The number of aromatic nitrogens is 2. The molecular weight excluding hydrogens is 268 g/mol. The third-order valence-electron chi connectivity index (χ3n) is 4.88. The van der Waals surface area contributed by atoms with E-state index < -0.39 is 5.97 Å². The molecule has 3 unspecified atom stereocenters. The van der Waals surface area contributed by atoms with Gasteiger partial charge in [0, 0.05) is 5.92 Å². The van der Waals surface area contributed by atoms with Crippen molar-refractivity contribution in [1.82, 2.24) is 10.2 Å². The van der Waals surface area contributed by atoms with Crippen LogP contribution in [0.2, 0.25) is 0 Å². The minimum absolute atomic E-state index is 0.195. The maximum absolute atomic E-state index is 11.3. The van der Waals surface area contributed by atoms with Crippen molar-refractivity contribution in [1.29, 1.82) is 0 Å². The van der Waals surface area contributed by atoms with Crippen LogP contribution in [0.3, 0.4) is 0 Å². The summed E-state index contributed by atoms with van der Waals surface area (Å²) >= 11 is 0. The van der Waals surface area contributed by atoms with Crippen molar-refractivity contribution in [2.24, 2.45) is 11.8 Å². The molecule has 2 aliphatic carbocycles. The molecule has 0 amide bonds. The smallest absolute Gasteiger partial charge is 0.336 e. The van der Waals surface area contributed by atoms with E-state index in [1.54, 1.807) is 24.3 Å². The third-order valence-corrected chi connectivity index (χ3v) is 4.88. The molecule has 108 valence electrons. The van der Waals surface area contributed by atoms with E-state index in [0.717, 1.165) is 12.3 Å². The Hall–Kier alpha value is -2.17. The maximum Gasteiger partial charge on any atom is 0.336 e. The van der Waals surface area contributed by atoms with E-state index >= 15 is 0 Å². The topological polar surface area (TPSA) is 76.2 Å². The van der Waals surface area contributed by atoms with Crippen molar-refractivity contribution in [2.75, 3.05) is 0 Å². The Morgan fingerprint density at radius 1 is 1.19 bits per heavy atom. The molecule has 21 heavy (non-hydrogen) atoms. The van der Waals surface area contributed by atoms with Crippen molar-refractivity contribution < 1.29 is 14.3 Å². The molecule has 0 radical (unpaired) electrons. The van der Waals surface area contributed by atoms with Gasteiger partial charge in [0.1, 0.15) is 0 Å². The average Bonchev–Trinajstić information content (AvgIpc) is 3.23. The van der Waals surface area contributed by atoms with Gasteiger partial charge in [0.25, 0.3) is 0 Å². The van der Waals surface area contributed by atoms with Gasteiger partial charge in [0.2, 0.25) is 11.8 Å². The highest BCUT2D eigenvalue weighted by Gasteiger charge is 2.42. The zero-order valence-corrected chi connectivity index (χ0v) is 11.5. The fraction of sp³-hybridized carbons (Fsp3) is 0.438. The van der Waals surface area contributed by atoms with Crippen LogP contribution in [0, 0.1) is 11.8 Å². The summed E-state index contributed by atoms with van der Waals surface area (Å²) < 4.78 is 5.81. The number of hydrogen-bond acceptors (Lipinski definition) is 4. The van der Waals surface area contributed by atoms with E-state index in [1.807, 2.05) is 0 Å². The molecule has 0 spiro atoms. The highest BCUT2D eigenvalue weighted by Crippen LogP contribution is 2.52. The van der Waals surface area contributed by atoms with Gasteiger partial charge in [-0.25, -0.2) is 4.79 Å². The van der Waals surface area contributed by atoms with Crippen LogP contribution in [-0.2, 0) is 0 Å². The first kappa shape index (κ1) is 12.6. The van der Waals surface area contributed by atoms with Crippen molar-refractivity contribution >= 4 is 5.97 Å². The van der Waals surface area contributed by atoms with Crippen LogP contribution in [-0.4, -0.2) is 21.3 Å². The van der Waals surface area contributed by atoms with Gasteiger partial charge in [-0.2, -0.15) is 0 Å². The van der Waals surface area contributed by atoms with Crippen LogP contribution in [0.15, 0.2) is 28.7 Å². The van der Waals surface area contributed by atoms with Crippen molar-refractivity contribution in [3.63, 3.8) is 0 Å². The van der Waals surface area contributed by atoms with Gasteiger partial charge in [0.15, 0.2) is 0 Å². The molecule has 5 nitrogen and oxygen atoms in total. The van der Waals surface area contributed by atoms with E-state index in [-0.39, 0.29) is 5.56 Å². The molecule has 2 fully saturated rings. The monoisotopic (exact) mass is 284 g/mol. The molecule has 4 rings (SSSR count). The Morgan fingerprint density at radius 3 is 2.76 bits per heavy atom. The molecule has 1 heterocycles. The zero-order valence-electron chi connectivity index (χ0n) is 11.5. The number of aromatic carboxylic acids is 1. The second-order valence-corrected chi connectivity index (χ2v) is 6.08. The van der Waals surface area contributed by atoms with Gasteiger partial charge >= 0.3 is 5.97 Å². The SMILES string of the molecule is O=C(O)c1ccccc1-c1nnc(C2CC3CCC2C3)o1. The van der Waals surface area contributed by atoms with Crippen LogP contribution in [0.1, 0.15) is 47.8 Å². The second-order valence-electron chi connectivity index (χ2n) is 6.08. The Bertz CT molecular complexity index is 694. The summed E-state index contributed by atoms with van der Waals surface area (Å²) in [5, 5.41) is 17.5. The van der Waals surface area contributed by atoms with Crippen molar-refractivity contribution in [3.8, 4) is 11.5 Å². The summed E-state index contributed by atoms with van der Waals surface area (Å²) in [6.07, 6.45) is 4.98. The molecule has 5 heteroatoms. The summed E-state index contributed by atoms with van der Waals surface area (Å²) in [6.45, 7) is 0. The number of fused-ring (bicyclic) bond motifs is 2. The molecule has 0 saturated heterocycles. The molecule has 1 N–H and O–H groups in total. The minimum atomic E-state index is -0.981. The number of nitrogens with zero attached hydrogens (tertiary/aromatic N) is 2. The predicted octanol–water partition coefficient (Wildman–Crippen LogP) is 3.34. The Balaban J connectivity index is 1.67. The molecule has 2 aliphatic rings. The Labute approximate surface area is 122 Å². The first-order chi connectivity index (χ1) is 10.2. The third kappa shape index (κ3) is 2.04. The Kier molecular flexibility index (Phi) is 2.80. The molecule has 2 aromatic rings. The number of hydrogen-bond donors (Lipinski definition) is 1. The summed E-state index contributed by atoms with van der Waals surface area (Å²) in [5.41, 5.74) is 0.688. The minimum Gasteiger partial charge on any atom is -0.478 e. The largest absolute Gasteiger partial charge is 0.478 e. The van der Waals surface area contributed by atoms with Gasteiger partial charge in [-0.05, 0) is 43.2 Å². The number of benzene rings is 1. The highest BCUT2D eigenvalue weighted by molar-refractivity contribution is 5.94. The standard InChI is InChI=1S/C16H16N2O3/c19-16(20)12-4-2-1-3-11(12)14-17-18-15(21-14)13-8-9-5-6-10(13)7-9/h1-4,9-10,13H,5-8H2,(H,19,20). The molecular formula is C16H16N2O3. The van der Waals surface area contributed by atoms with Crippen LogP contribution >= 0.6 is 0 Å². The maximum atomic E-state index is 11.3. The number of rotatable bonds is 3. The second kappa shape index (κ2) is 4.69. The number of carbonyl (C=O) groups is 1. The highest BCUT2D eigenvalue weighted by atomic mass is 16.4. The first-order valence-corrected chi connectivity index (χ1v) is 7.38. The molecule has 1 aromatic carbocycles. The van der Waals surface area contributed by atoms with Gasteiger partial charge < -0.3 is 9.52 Å². The first-order valence-electron chi connectivity index (χ1n) is 7.38. The van der Waals surface area contributed by atoms with E-state index in [0.29, 0.717) is 29.2 Å². The van der Waals surface area contributed by atoms with E-state index in [9.17, 15) is 9.90 Å². The van der Waals surface area contributed by atoms with E-state index in [2.05, 4.69) is 10.2 Å². The fourth-order valence-electron chi connectivity index (χ4n) is 3.90. The summed E-state index contributed by atoms with van der Waals surface area (Å²) in [7, 11) is 0. The van der Waals surface area contributed by atoms with Crippen LogP contribution in [0.4, 0.5) is 0 Å². The van der Waals surface area contributed by atoms with Crippen molar-refractivity contribution in [2.45, 2.75) is 31.6 Å². The molecule has 2 saturated carbocycles. The summed E-state index contributed by atoms with van der Waals surface area (Å²) in [4.78, 5) is 11.3. The summed E-state index contributed by atoms with van der Waals surface area (Å²) in [6, 6.07) is 6.74. The fourth-order valence-corrected chi connectivity index (χ4v) is 3.90. The number of carboxylic acids is 1. The molecule has 0 aliphatic heterocycles. The predicted molar refractivity (Wildman–Crippen MR) is 74.9 cm³/mol. The van der Waals surface area contributed by atoms with E-state index in [4.69, 9.17) is 4.42 Å². The number of carboxylic acid groups (broad SMARTS) is 1. The van der Waals surface area contributed by atoms with Crippen LogP contribution in [0.25, 0.3) is 11.5 Å². The van der Waals surface area contributed by atoms with Gasteiger partial charge in [0.05, 0.1) is 11.1 Å². The lowest BCUT2D eigenvalue weighted by molar-refractivity contribution is 0.0697. The van der Waals surface area contributed by atoms with Gasteiger partial charge in [-0.15, -0.1) is 10.2 Å². The normalized spacial score (nSPS) is 27.1. The lowest BCUT2D eigenvalue weighted by atomic mass is 9.89. The van der Waals surface area contributed by atoms with Crippen LogP contribution < -0.4 is 0 Å². The molecule has 2 bridgehead atoms. The molecule has 3 atom stereocenters. The zero-order chi connectivity index (χ0) is 14.4. The summed E-state index contributed by atoms with van der Waals surface area (Å²) in [5.74, 6) is 1.84. The lowest BCUT2D eigenvalue weighted by Gasteiger charge is -2.17.